The van der Waals surface area contributed by atoms with Gasteiger partial charge < -0.3 is 19.7 Å². The molecule has 0 spiro atoms. The van der Waals surface area contributed by atoms with Gasteiger partial charge in [0.1, 0.15) is 5.75 Å². The number of benzene rings is 2. The summed E-state index contributed by atoms with van der Waals surface area (Å²) in [6.45, 7) is 7.05. The predicted molar refractivity (Wildman–Crippen MR) is 159 cm³/mol. The number of rotatable bonds is 13. The molecular weight excluding hydrogens is 504 g/mol. The van der Waals surface area contributed by atoms with Gasteiger partial charge in [-0.3, -0.25) is 14.6 Å². The van der Waals surface area contributed by atoms with Gasteiger partial charge in [0.25, 0.3) is 5.91 Å². The Morgan fingerprint density at radius 3 is 2.55 bits per heavy atom. The first-order valence-corrected chi connectivity index (χ1v) is 14.8. The first-order valence-electron chi connectivity index (χ1n) is 14.8. The van der Waals surface area contributed by atoms with Gasteiger partial charge in [-0.05, 0) is 55.3 Å². The second-order valence-electron chi connectivity index (χ2n) is 11.0. The van der Waals surface area contributed by atoms with Crippen LogP contribution in [0.25, 0.3) is 0 Å². The third-order valence-electron chi connectivity index (χ3n) is 7.55. The standard InChI is InChI=1S/C32H44N4O4/c1-3-4-5-6-7-8-19-39-31(37)21-26-20-27-11-12-28(22-30(27)40-24-26)32(38)34-29-13-9-25(10-14-29)23-33-36-17-15-35(2)16-18-36/h9-14,22-23,26H,3-8,15-21,24H2,1-2H3,(H,34,38). The summed E-state index contributed by atoms with van der Waals surface area (Å²) in [5.74, 6) is 0.450. The van der Waals surface area contributed by atoms with Crippen LogP contribution < -0.4 is 10.1 Å². The number of amides is 1. The van der Waals surface area contributed by atoms with Crippen LogP contribution in [0.2, 0.25) is 0 Å². The van der Waals surface area contributed by atoms with E-state index in [9.17, 15) is 9.59 Å². The number of piperazine rings is 1. The molecule has 216 valence electrons. The van der Waals surface area contributed by atoms with E-state index in [0.29, 0.717) is 30.9 Å². The maximum Gasteiger partial charge on any atom is 0.306 e. The molecule has 8 heteroatoms. The molecule has 1 saturated heterocycles. The van der Waals surface area contributed by atoms with Gasteiger partial charge in [0.2, 0.25) is 0 Å². The van der Waals surface area contributed by atoms with E-state index in [-0.39, 0.29) is 17.8 Å². The highest BCUT2D eigenvalue weighted by Gasteiger charge is 2.24. The molecule has 2 aromatic rings. The summed E-state index contributed by atoms with van der Waals surface area (Å²) < 4.78 is 11.4. The number of likely N-dealkylation sites (N-methyl/N-ethyl adjacent to an activating group) is 1. The third kappa shape index (κ3) is 9.37. The molecule has 40 heavy (non-hydrogen) atoms. The normalized spacial score (nSPS) is 17.4. The topological polar surface area (TPSA) is 83.5 Å². The summed E-state index contributed by atoms with van der Waals surface area (Å²) in [5, 5.41) is 9.61. The smallest absolute Gasteiger partial charge is 0.306 e. The van der Waals surface area contributed by atoms with Gasteiger partial charge in [-0.15, -0.1) is 0 Å². The molecule has 1 fully saturated rings. The number of anilines is 1. The van der Waals surface area contributed by atoms with E-state index >= 15 is 0 Å². The average Bonchev–Trinajstić information content (AvgIpc) is 2.97. The van der Waals surface area contributed by atoms with Gasteiger partial charge in [-0.25, -0.2) is 0 Å². The van der Waals surface area contributed by atoms with Crippen LogP contribution in [0, 0.1) is 5.92 Å². The number of carbonyl (C=O) groups excluding carboxylic acids is 2. The quantitative estimate of drug-likeness (QED) is 0.206. The number of carbonyl (C=O) groups is 2. The van der Waals surface area contributed by atoms with Crippen LogP contribution in [-0.4, -0.2) is 74.4 Å². The van der Waals surface area contributed by atoms with Gasteiger partial charge in [0.15, 0.2) is 0 Å². The van der Waals surface area contributed by atoms with Gasteiger partial charge in [0, 0.05) is 43.3 Å². The van der Waals surface area contributed by atoms with Crippen molar-refractivity contribution in [2.75, 3.05) is 51.8 Å². The number of fused-ring (bicyclic) bond motifs is 1. The number of unbranched alkanes of at least 4 members (excludes halogenated alkanes) is 5. The van der Waals surface area contributed by atoms with Crippen molar-refractivity contribution < 1.29 is 19.1 Å². The van der Waals surface area contributed by atoms with Crippen LogP contribution in [0.15, 0.2) is 47.6 Å². The van der Waals surface area contributed by atoms with Crippen LogP contribution >= 0.6 is 0 Å². The molecule has 2 aliphatic rings. The molecule has 0 aliphatic carbocycles. The van der Waals surface area contributed by atoms with Gasteiger partial charge in [0.05, 0.1) is 25.8 Å². The Morgan fingerprint density at radius 2 is 1.77 bits per heavy atom. The number of hydrogen-bond acceptors (Lipinski definition) is 7. The zero-order valence-corrected chi connectivity index (χ0v) is 24.1. The zero-order chi connectivity index (χ0) is 28.2. The first-order chi connectivity index (χ1) is 19.5. The zero-order valence-electron chi connectivity index (χ0n) is 24.1. The summed E-state index contributed by atoms with van der Waals surface area (Å²) in [4.78, 5) is 27.5. The second-order valence-corrected chi connectivity index (χ2v) is 11.0. The first kappa shape index (κ1) is 29.6. The largest absolute Gasteiger partial charge is 0.493 e. The Balaban J connectivity index is 1.20. The number of nitrogens with zero attached hydrogens (tertiary/aromatic N) is 3. The van der Waals surface area contributed by atoms with Crippen molar-refractivity contribution in [3.05, 3.63) is 59.2 Å². The lowest BCUT2D eigenvalue weighted by atomic mass is 9.93. The summed E-state index contributed by atoms with van der Waals surface area (Å²) >= 11 is 0. The monoisotopic (exact) mass is 548 g/mol. The highest BCUT2D eigenvalue weighted by Crippen LogP contribution is 2.30. The highest BCUT2D eigenvalue weighted by molar-refractivity contribution is 6.04. The maximum atomic E-state index is 12.9. The average molecular weight is 549 g/mol. The van der Waals surface area contributed by atoms with E-state index in [1.807, 2.05) is 42.6 Å². The van der Waals surface area contributed by atoms with Crippen molar-refractivity contribution in [1.82, 2.24) is 9.91 Å². The van der Waals surface area contributed by atoms with Crippen molar-refractivity contribution in [2.24, 2.45) is 11.0 Å². The van der Waals surface area contributed by atoms with Crippen LogP contribution in [0.3, 0.4) is 0 Å². The number of esters is 1. The van der Waals surface area contributed by atoms with Crippen molar-refractivity contribution in [1.29, 1.82) is 0 Å². The summed E-state index contributed by atoms with van der Waals surface area (Å²) in [6.07, 6.45) is 9.97. The molecule has 0 radical (unpaired) electrons. The molecule has 1 atom stereocenters. The fraction of sp³-hybridized carbons (Fsp3) is 0.531. The number of hydrazone groups is 1. The van der Waals surface area contributed by atoms with E-state index in [1.54, 1.807) is 6.07 Å². The SMILES string of the molecule is CCCCCCCCOC(=O)CC1COc2cc(C(=O)Nc3ccc(C=NN4CCN(C)CC4)cc3)ccc2C1. The summed E-state index contributed by atoms with van der Waals surface area (Å²) in [5.41, 5.74) is 3.26. The molecule has 4 rings (SSSR count). The fourth-order valence-electron chi connectivity index (χ4n) is 4.99. The molecule has 1 N–H and O–H groups in total. The van der Waals surface area contributed by atoms with Crippen LogP contribution in [0.4, 0.5) is 5.69 Å². The minimum atomic E-state index is -0.189. The molecule has 1 unspecified atom stereocenters. The molecule has 1 amide bonds. The molecule has 2 aromatic carbocycles. The van der Waals surface area contributed by atoms with Gasteiger partial charge >= 0.3 is 5.97 Å². The Morgan fingerprint density at radius 1 is 1.02 bits per heavy atom. The molecule has 0 saturated carbocycles. The fourth-order valence-corrected chi connectivity index (χ4v) is 4.99. The third-order valence-corrected chi connectivity index (χ3v) is 7.55. The molecule has 2 heterocycles. The number of nitrogens with one attached hydrogen (secondary N) is 1. The molecule has 8 nitrogen and oxygen atoms in total. The van der Waals surface area contributed by atoms with Crippen molar-refractivity contribution in [3.8, 4) is 5.75 Å². The van der Waals surface area contributed by atoms with Crippen LogP contribution in [0.1, 0.15) is 73.4 Å². The Hall–Kier alpha value is -3.39. The highest BCUT2D eigenvalue weighted by atomic mass is 16.5. The second kappa shape index (κ2) is 15.4. The lowest BCUT2D eigenvalue weighted by Crippen LogP contribution is -2.41. The van der Waals surface area contributed by atoms with Crippen molar-refractivity contribution in [2.45, 2.75) is 58.3 Å². The van der Waals surface area contributed by atoms with Crippen LogP contribution in [-0.2, 0) is 16.0 Å². The number of ether oxygens (including phenoxy) is 2. The van der Waals surface area contributed by atoms with E-state index in [0.717, 1.165) is 62.3 Å². The van der Waals surface area contributed by atoms with Crippen LogP contribution in [0.5, 0.6) is 5.75 Å². The van der Waals surface area contributed by atoms with Gasteiger partial charge in [-0.1, -0.05) is 57.2 Å². The molecule has 0 aromatic heterocycles. The van der Waals surface area contributed by atoms with E-state index in [2.05, 4.69) is 34.3 Å². The van der Waals surface area contributed by atoms with Gasteiger partial charge in [-0.2, -0.15) is 5.10 Å². The molecular formula is C32H44N4O4. The summed E-state index contributed by atoms with van der Waals surface area (Å²) in [7, 11) is 2.12. The lowest BCUT2D eigenvalue weighted by Gasteiger charge is -2.30. The molecule has 2 aliphatic heterocycles. The van der Waals surface area contributed by atoms with Crippen molar-refractivity contribution in [3.63, 3.8) is 0 Å². The molecule has 0 bridgehead atoms. The van der Waals surface area contributed by atoms with E-state index in [4.69, 9.17) is 9.47 Å². The predicted octanol–water partition coefficient (Wildman–Crippen LogP) is 5.37. The Kier molecular flexibility index (Phi) is 11.4. The Labute approximate surface area is 238 Å². The summed E-state index contributed by atoms with van der Waals surface area (Å²) in [6, 6.07) is 13.2. The number of hydrogen-bond donors (Lipinski definition) is 1. The lowest BCUT2D eigenvalue weighted by molar-refractivity contribution is -0.145. The minimum absolute atomic E-state index is 0.0857. The van der Waals surface area contributed by atoms with Crippen molar-refractivity contribution >= 4 is 23.8 Å². The minimum Gasteiger partial charge on any atom is -0.493 e. The van der Waals surface area contributed by atoms with E-state index in [1.165, 1.54) is 25.7 Å². The maximum absolute atomic E-state index is 12.9. The van der Waals surface area contributed by atoms with E-state index < -0.39 is 0 Å². The Bertz CT molecular complexity index is 1130.